The highest BCUT2D eigenvalue weighted by atomic mass is 16.2. The highest BCUT2D eigenvalue weighted by Crippen LogP contribution is 2.29. The summed E-state index contributed by atoms with van der Waals surface area (Å²) in [7, 11) is 0. The van der Waals surface area contributed by atoms with Gasteiger partial charge in [-0.15, -0.1) is 0 Å². The Bertz CT molecular complexity index is 684. The molecule has 0 unspecified atom stereocenters. The van der Waals surface area contributed by atoms with E-state index in [1.807, 2.05) is 43.9 Å². The third-order valence-electron chi connectivity index (χ3n) is 5.06. The topological polar surface area (TPSA) is 64.7 Å². The molecule has 0 bridgehead atoms. The fourth-order valence-corrected chi connectivity index (χ4v) is 3.79. The van der Waals surface area contributed by atoms with Crippen LogP contribution in [-0.4, -0.2) is 48.6 Å². The number of carbonyl (C=O) groups excluding carboxylic acids is 2. The summed E-state index contributed by atoms with van der Waals surface area (Å²) in [5, 5.41) is 5.77. The molecule has 6 nitrogen and oxygen atoms in total. The predicted octanol–water partition coefficient (Wildman–Crippen LogP) is 3.83. The van der Waals surface area contributed by atoms with Crippen LogP contribution in [0.5, 0.6) is 0 Å². The van der Waals surface area contributed by atoms with Crippen molar-refractivity contribution in [3.8, 4) is 0 Å². The van der Waals surface area contributed by atoms with E-state index >= 15 is 0 Å². The summed E-state index contributed by atoms with van der Waals surface area (Å²) in [5.41, 5.74) is 2.03. The van der Waals surface area contributed by atoms with Crippen LogP contribution in [0.3, 0.4) is 0 Å². The quantitative estimate of drug-likeness (QED) is 0.847. The SMILES string of the molecule is CC(C)(C)NC(=O)Nc1ccc(N2CCCCC2)c(C(=O)N2CCCC2)c1. The van der Waals surface area contributed by atoms with E-state index in [-0.39, 0.29) is 17.5 Å². The summed E-state index contributed by atoms with van der Waals surface area (Å²) < 4.78 is 0. The fraction of sp³-hybridized carbons (Fsp3) is 0.619. The Kier molecular flexibility index (Phi) is 5.92. The highest BCUT2D eigenvalue weighted by Gasteiger charge is 2.25. The van der Waals surface area contributed by atoms with Gasteiger partial charge in [-0.3, -0.25) is 4.79 Å². The number of urea groups is 1. The highest BCUT2D eigenvalue weighted by molar-refractivity contribution is 6.02. The van der Waals surface area contributed by atoms with Crippen molar-refractivity contribution in [2.45, 2.75) is 58.4 Å². The van der Waals surface area contributed by atoms with Gasteiger partial charge in [0.05, 0.1) is 5.56 Å². The normalized spacial score (nSPS) is 17.7. The monoisotopic (exact) mass is 372 g/mol. The van der Waals surface area contributed by atoms with Crippen LogP contribution in [0.2, 0.25) is 0 Å². The van der Waals surface area contributed by atoms with Gasteiger partial charge in [0.25, 0.3) is 5.91 Å². The Morgan fingerprint density at radius 2 is 1.56 bits per heavy atom. The maximum absolute atomic E-state index is 13.1. The molecule has 0 radical (unpaired) electrons. The number of anilines is 2. The zero-order valence-corrected chi connectivity index (χ0v) is 16.8. The van der Waals surface area contributed by atoms with Crippen LogP contribution in [0.4, 0.5) is 16.2 Å². The van der Waals surface area contributed by atoms with Gasteiger partial charge >= 0.3 is 6.03 Å². The Morgan fingerprint density at radius 3 is 2.19 bits per heavy atom. The lowest BCUT2D eigenvalue weighted by Crippen LogP contribution is -2.43. The van der Waals surface area contributed by atoms with Crippen LogP contribution in [0.1, 0.15) is 63.2 Å². The molecule has 1 aromatic carbocycles. The minimum Gasteiger partial charge on any atom is -0.371 e. The number of hydrogen-bond donors (Lipinski definition) is 2. The Balaban J connectivity index is 1.85. The van der Waals surface area contributed by atoms with Gasteiger partial charge in [0.1, 0.15) is 0 Å². The van der Waals surface area contributed by atoms with Crippen molar-refractivity contribution in [1.82, 2.24) is 10.2 Å². The molecular formula is C21H32N4O2. The van der Waals surface area contributed by atoms with E-state index in [4.69, 9.17) is 0 Å². The van der Waals surface area contributed by atoms with E-state index in [1.54, 1.807) is 0 Å². The summed E-state index contributed by atoms with van der Waals surface area (Å²) in [4.78, 5) is 29.6. The number of rotatable bonds is 3. The van der Waals surface area contributed by atoms with Gasteiger partial charge in [0.15, 0.2) is 0 Å². The number of piperidine rings is 1. The number of nitrogens with zero attached hydrogens (tertiary/aromatic N) is 2. The molecule has 0 spiro atoms. The molecule has 3 rings (SSSR count). The maximum Gasteiger partial charge on any atom is 0.319 e. The second kappa shape index (κ2) is 8.19. The molecule has 2 heterocycles. The van der Waals surface area contributed by atoms with Gasteiger partial charge in [-0.25, -0.2) is 4.79 Å². The molecule has 6 heteroatoms. The zero-order valence-electron chi connectivity index (χ0n) is 16.8. The number of benzene rings is 1. The van der Waals surface area contributed by atoms with Crippen molar-refractivity contribution in [3.05, 3.63) is 23.8 Å². The molecule has 2 saturated heterocycles. The largest absolute Gasteiger partial charge is 0.371 e. The molecule has 0 saturated carbocycles. The number of likely N-dealkylation sites (tertiary alicyclic amines) is 1. The van der Waals surface area contributed by atoms with Crippen LogP contribution < -0.4 is 15.5 Å². The van der Waals surface area contributed by atoms with Crippen LogP contribution in [-0.2, 0) is 0 Å². The molecule has 2 fully saturated rings. The zero-order chi connectivity index (χ0) is 19.4. The van der Waals surface area contributed by atoms with E-state index in [2.05, 4.69) is 15.5 Å². The molecule has 0 aromatic heterocycles. The first kappa shape index (κ1) is 19.5. The Labute approximate surface area is 162 Å². The number of amides is 3. The van der Waals surface area contributed by atoms with Crippen molar-refractivity contribution in [3.63, 3.8) is 0 Å². The molecule has 27 heavy (non-hydrogen) atoms. The lowest BCUT2D eigenvalue weighted by atomic mass is 10.1. The molecule has 0 atom stereocenters. The van der Waals surface area contributed by atoms with Crippen LogP contribution in [0.15, 0.2) is 18.2 Å². The van der Waals surface area contributed by atoms with Crippen molar-refractivity contribution < 1.29 is 9.59 Å². The van der Waals surface area contributed by atoms with Crippen LogP contribution in [0.25, 0.3) is 0 Å². The molecule has 2 aliphatic rings. The van der Waals surface area contributed by atoms with Gasteiger partial charge in [-0.2, -0.15) is 0 Å². The molecule has 3 amide bonds. The van der Waals surface area contributed by atoms with Crippen LogP contribution in [0, 0.1) is 0 Å². The van der Waals surface area contributed by atoms with Crippen molar-refractivity contribution in [2.24, 2.45) is 0 Å². The first-order valence-electron chi connectivity index (χ1n) is 10.1. The van der Waals surface area contributed by atoms with Crippen molar-refractivity contribution in [2.75, 3.05) is 36.4 Å². The standard InChI is InChI=1S/C21H32N4O2/c1-21(2,3)23-20(27)22-16-9-10-18(24-11-5-4-6-12-24)17(15-16)19(26)25-13-7-8-14-25/h9-10,15H,4-8,11-14H2,1-3H3,(H2,22,23,27). The average molecular weight is 373 g/mol. The lowest BCUT2D eigenvalue weighted by Gasteiger charge is -2.31. The van der Waals surface area contributed by atoms with E-state index in [1.165, 1.54) is 6.42 Å². The van der Waals surface area contributed by atoms with Crippen LogP contribution >= 0.6 is 0 Å². The van der Waals surface area contributed by atoms with E-state index < -0.39 is 0 Å². The third-order valence-corrected chi connectivity index (χ3v) is 5.06. The van der Waals surface area contributed by atoms with Gasteiger partial charge in [0.2, 0.25) is 0 Å². The van der Waals surface area contributed by atoms with E-state index in [0.29, 0.717) is 11.3 Å². The Morgan fingerprint density at radius 1 is 0.926 bits per heavy atom. The summed E-state index contributed by atoms with van der Waals surface area (Å²) in [6.07, 6.45) is 5.70. The van der Waals surface area contributed by atoms with Gasteiger partial charge < -0.3 is 20.4 Å². The smallest absolute Gasteiger partial charge is 0.319 e. The van der Waals surface area contributed by atoms with Crippen molar-refractivity contribution >= 4 is 23.3 Å². The number of hydrogen-bond acceptors (Lipinski definition) is 3. The summed E-state index contributed by atoms with van der Waals surface area (Å²) in [6.45, 7) is 9.42. The second-order valence-corrected chi connectivity index (χ2v) is 8.61. The molecule has 1 aromatic rings. The summed E-state index contributed by atoms with van der Waals surface area (Å²) in [6, 6.07) is 5.47. The minimum absolute atomic E-state index is 0.0768. The summed E-state index contributed by atoms with van der Waals surface area (Å²) in [5.74, 6) is 0.0768. The molecule has 0 aliphatic carbocycles. The van der Waals surface area contributed by atoms with E-state index in [9.17, 15) is 9.59 Å². The first-order chi connectivity index (χ1) is 12.8. The van der Waals surface area contributed by atoms with Crippen molar-refractivity contribution in [1.29, 1.82) is 0 Å². The number of carbonyl (C=O) groups is 2. The molecule has 2 N–H and O–H groups in total. The maximum atomic E-state index is 13.1. The third kappa shape index (κ3) is 5.15. The Hall–Kier alpha value is -2.24. The van der Waals surface area contributed by atoms with Gasteiger partial charge in [-0.05, 0) is 71.1 Å². The predicted molar refractivity (Wildman–Crippen MR) is 110 cm³/mol. The van der Waals surface area contributed by atoms with Gasteiger partial charge in [0, 0.05) is 43.1 Å². The first-order valence-corrected chi connectivity index (χ1v) is 10.1. The number of nitrogens with one attached hydrogen (secondary N) is 2. The van der Waals surface area contributed by atoms with Gasteiger partial charge in [-0.1, -0.05) is 0 Å². The summed E-state index contributed by atoms with van der Waals surface area (Å²) >= 11 is 0. The second-order valence-electron chi connectivity index (χ2n) is 8.61. The molecule has 2 aliphatic heterocycles. The lowest BCUT2D eigenvalue weighted by molar-refractivity contribution is 0.0793. The fourth-order valence-electron chi connectivity index (χ4n) is 3.79. The van der Waals surface area contributed by atoms with E-state index in [0.717, 1.165) is 57.5 Å². The molecule has 148 valence electrons. The average Bonchev–Trinajstić information content (AvgIpc) is 3.15. The molecular weight excluding hydrogens is 340 g/mol. The minimum atomic E-state index is -0.313.